The fourth-order valence-corrected chi connectivity index (χ4v) is 3.64. The van der Waals surface area contributed by atoms with Crippen molar-refractivity contribution in [1.29, 1.82) is 0 Å². The van der Waals surface area contributed by atoms with E-state index in [1.54, 1.807) is 29.3 Å². The molecule has 0 bridgehead atoms. The van der Waals surface area contributed by atoms with Crippen LogP contribution in [0, 0.1) is 6.92 Å². The lowest BCUT2D eigenvalue weighted by molar-refractivity contribution is 0.0537. The maximum Gasteiger partial charge on any atom is 0.257 e. The monoisotopic (exact) mass is 396 g/mol. The fraction of sp³-hybridized carbons (Fsp3) is 0.286. The van der Waals surface area contributed by atoms with Crippen molar-refractivity contribution in [3.63, 3.8) is 0 Å². The van der Waals surface area contributed by atoms with Crippen molar-refractivity contribution >= 4 is 17.5 Å². The Labute approximate surface area is 168 Å². The molecule has 28 heavy (non-hydrogen) atoms. The largest absolute Gasteiger partial charge is 0.487 e. The molecule has 1 atom stereocenters. The number of piperidine rings is 1. The molecule has 3 heterocycles. The first-order chi connectivity index (χ1) is 13.6. The number of hydrogen-bond donors (Lipinski definition) is 0. The van der Waals surface area contributed by atoms with Crippen LogP contribution in [0.5, 0.6) is 5.75 Å². The number of carbonyl (C=O) groups excluding carboxylic acids is 1. The molecule has 1 aliphatic rings. The van der Waals surface area contributed by atoms with Gasteiger partial charge in [0.15, 0.2) is 0 Å². The summed E-state index contributed by atoms with van der Waals surface area (Å²) in [7, 11) is 0. The summed E-state index contributed by atoms with van der Waals surface area (Å²) < 4.78 is 7.81. The summed E-state index contributed by atoms with van der Waals surface area (Å²) in [5.41, 5.74) is 2.38. The second kappa shape index (κ2) is 8.02. The van der Waals surface area contributed by atoms with Crippen LogP contribution in [0.25, 0.3) is 5.69 Å². The first-order valence-corrected chi connectivity index (χ1v) is 9.67. The highest BCUT2D eigenvalue weighted by atomic mass is 35.5. The molecule has 1 aliphatic heterocycles. The van der Waals surface area contributed by atoms with Gasteiger partial charge in [0.25, 0.3) is 5.91 Å². The number of aromatic nitrogens is 3. The van der Waals surface area contributed by atoms with Crippen molar-refractivity contribution in [2.75, 3.05) is 13.1 Å². The normalized spacial score (nSPS) is 16.8. The average Bonchev–Trinajstić information content (AvgIpc) is 3.11. The molecule has 0 aliphatic carbocycles. The molecule has 0 saturated carbocycles. The molecule has 0 N–H and O–H groups in total. The molecule has 4 rings (SSSR count). The molecule has 144 valence electrons. The lowest BCUT2D eigenvalue weighted by atomic mass is 10.1. The van der Waals surface area contributed by atoms with Crippen LogP contribution in [0.4, 0.5) is 0 Å². The molecule has 1 amide bonds. The van der Waals surface area contributed by atoms with E-state index in [-0.39, 0.29) is 12.0 Å². The topological polar surface area (TPSA) is 60.3 Å². The minimum Gasteiger partial charge on any atom is -0.487 e. The minimum absolute atomic E-state index is 0.0196. The summed E-state index contributed by atoms with van der Waals surface area (Å²) in [6.45, 7) is 3.15. The van der Waals surface area contributed by atoms with Gasteiger partial charge in [0, 0.05) is 25.0 Å². The third-order valence-corrected chi connectivity index (χ3v) is 5.22. The van der Waals surface area contributed by atoms with Crippen LogP contribution < -0.4 is 4.74 Å². The highest BCUT2D eigenvalue weighted by molar-refractivity contribution is 6.31. The van der Waals surface area contributed by atoms with Crippen LogP contribution >= 0.6 is 11.6 Å². The number of para-hydroxylation sites is 1. The molecule has 1 fully saturated rings. The van der Waals surface area contributed by atoms with E-state index in [0.29, 0.717) is 29.4 Å². The molecule has 0 unspecified atom stereocenters. The lowest BCUT2D eigenvalue weighted by Gasteiger charge is -2.33. The van der Waals surface area contributed by atoms with Gasteiger partial charge in [0.1, 0.15) is 16.9 Å². The Balaban J connectivity index is 1.49. The third-order valence-electron chi connectivity index (χ3n) is 4.94. The summed E-state index contributed by atoms with van der Waals surface area (Å²) in [6, 6.07) is 11.5. The van der Waals surface area contributed by atoms with Gasteiger partial charge in [-0.25, -0.2) is 4.68 Å². The van der Waals surface area contributed by atoms with Gasteiger partial charge in [0.05, 0.1) is 29.7 Å². The first kappa shape index (κ1) is 18.5. The summed E-state index contributed by atoms with van der Waals surface area (Å²) in [5, 5.41) is 4.89. The van der Waals surface area contributed by atoms with E-state index < -0.39 is 0 Å². The zero-order valence-electron chi connectivity index (χ0n) is 15.6. The first-order valence-electron chi connectivity index (χ1n) is 9.29. The zero-order valence-corrected chi connectivity index (χ0v) is 16.3. The number of hydrogen-bond acceptors (Lipinski definition) is 4. The molecule has 6 nitrogen and oxygen atoms in total. The smallest absolute Gasteiger partial charge is 0.257 e. The van der Waals surface area contributed by atoms with Crippen molar-refractivity contribution in [3.05, 3.63) is 71.3 Å². The Morgan fingerprint density at radius 2 is 2.04 bits per heavy atom. The van der Waals surface area contributed by atoms with Crippen LogP contribution in [-0.2, 0) is 0 Å². The van der Waals surface area contributed by atoms with E-state index in [1.807, 2.05) is 42.2 Å². The predicted molar refractivity (Wildman–Crippen MR) is 107 cm³/mol. The number of pyridine rings is 1. The number of halogens is 1. The van der Waals surface area contributed by atoms with Crippen LogP contribution in [0.15, 0.2) is 55.0 Å². The van der Waals surface area contributed by atoms with Crippen LogP contribution in [-0.4, -0.2) is 44.8 Å². The summed E-state index contributed by atoms with van der Waals surface area (Å²) >= 11 is 6.14. The molecule has 0 radical (unpaired) electrons. The standard InChI is InChI=1S/C21H21ClN4O2/c1-15-18(12-24-26(15)16-6-3-2-4-7-16)21(27)25-11-5-8-17(14-25)28-20-9-10-23-13-19(20)22/h2-4,6-7,9-10,12-13,17H,5,8,11,14H2,1H3/t17-/m1/s1. The quantitative estimate of drug-likeness (QED) is 0.670. The SMILES string of the molecule is Cc1c(C(=O)N2CCC[C@@H](Oc3ccncc3Cl)C2)cnn1-c1ccccc1. The van der Waals surface area contributed by atoms with Gasteiger partial charge in [0.2, 0.25) is 0 Å². The maximum absolute atomic E-state index is 13.1. The Morgan fingerprint density at radius 1 is 1.21 bits per heavy atom. The van der Waals surface area contributed by atoms with Gasteiger partial charge in [-0.05, 0) is 31.9 Å². The third kappa shape index (κ3) is 3.73. The van der Waals surface area contributed by atoms with Crippen molar-refractivity contribution in [2.24, 2.45) is 0 Å². The molecule has 1 aromatic carbocycles. The Kier molecular flexibility index (Phi) is 5.30. The van der Waals surface area contributed by atoms with Gasteiger partial charge in [-0.15, -0.1) is 0 Å². The van der Waals surface area contributed by atoms with Gasteiger partial charge < -0.3 is 9.64 Å². The van der Waals surface area contributed by atoms with Crippen LogP contribution in [0.1, 0.15) is 28.9 Å². The molecular weight excluding hydrogens is 376 g/mol. The Morgan fingerprint density at radius 3 is 2.82 bits per heavy atom. The van der Waals surface area contributed by atoms with E-state index in [9.17, 15) is 4.79 Å². The summed E-state index contributed by atoms with van der Waals surface area (Å²) in [5.74, 6) is 0.581. The van der Waals surface area contributed by atoms with Crippen molar-refractivity contribution in [2.45, 2.75) is 25.9 Å². The van der Waals surface area contributed by atoms with Crippen molar-refractivity contribution < 1.29 is 9.53 Å². The highest BCUT2D eigenvalue weighted by Crippen LogP contribution is 2.26. The zero-order chi connectivity index (χ0) is 19.5. The second-order valence-corrected chi connectivity index (χ2v) is 7.24. The number of nitrogens with zero attached hydrogens (tertiary/aromatic N) is 4. The number of benzene rings is 1. The Hall–Kier alpha value is -2.86. The highest BCUT2D eigenvalue weighted by Gasteiger charge is 2.28. The maximum atomic E-state index is 13.1. The summed E-state index contributed by atoms with van der Waals surface area (Å²) in [6.07, 6.45) is 6.52. The number of amides is 1. The van der Waals surface area contributed by atoms with Gasteiger partial charge in [-0.3, -0.25) is 9.78 Å². The number of rotatable bonds is 4. The predicted octanol–water partition coefficient (Wildman–Crippen LogP) is 3.91. The summed E-state index contributed by atoms with van der Waals surface area (Å²) in [4.78, 5) is 18.9. The molecule has 0 spiro atoms. The van der Waals surface area contributed by atoms with E-state index in [2.05, 4.69) is 10.1 Å². The molecule has 3 aromatic rings. The lowest BCUT2D eigenvalue weighted by Crippen LogP contribution is -2.44. The molecule has 2 aromatic heterocycles. The molecule has 1 saturated heterocycles. The van der Waals surface area contributed by atoms with Crippen molar-refractivity contribution in [1.82, 2.24) is 19.7 Å². The number of ether oxygens (including phenoxy) is 1. The Bertz CT molecular complexity index is 974. The van der Waals surface area contributed by atoms with E-state index in [0.717, 1.165) is 24.2 Å². The van der Waals surface area contributed by atoms with Gasteiger partial charge in [-0.2, -0.15) is 5.10 Å². The van der Waals surface area contributed by atoms with Crippen LogP contribution in [0.2, 0.25) is 5.02 Å². The molecule has 7 heteroatoms. The van der Waals surface area contributed by atoms with E-state index in [4.69, 9.17) is 16.3 Å². The van der Waals surface area contributed by atoms with Gasteiger partial charge in [-0.1, -0.05) is 29.8 Å². The second-order valence-electron chi connectivity index (χ2n) is 6.83. The van der Waals surface area contributed by atoms with Gasteiger partial charge >= 0.3 is 0 Å². The van der Waals surface area contributed by atoms with E-state index in [1.165, 1.54) is 0 Å². The number of likely N-dealkylation sites (tertiary alicyclic amines) is 1. The van der Waals surface area contributed by atoms with E-state index >= 15 is 0 Å². The molecular formula is C21H21ClN4O2. The van der Waals surface area contributed by atoms with Crippen molar-refractivity contribution in [3.8, 4) is 11.4 Å². The minimum atomic E-state index is -0.0953. The fourth-order valence-electron chi connectivity index (χ4n) is 3.48. The average molecular weight is 397 g/mol. The van der Waals surface area contributed by atoms with Crippen LogP contribution in [0.3, 0.4) is 0 Å². The number of carbonyl (C=O) groups is 1.